The van der Waals surface area contributed by atoms with Crippen LogP contribution < -0.4 is 10.5 Å². The predicted octanol–water partition coefficient (Wildman–Crippen LogP) is 3.46. The molecule has 23 heavy (non-hydrogen) atoms. The number of likely N-dealkylation sites (tertiary alicyclic amines) is 1. The van der Waals surface area contributed by atoms with Gasteiger partial charge in [0.15, 0.2) is 0 Å². The van der Waals surface area contributed by atoms with Gasteiger partial charge < -0.3 is 15.4 Å². The summed E-state index contributed by atoms with van der Waals surface area (Å²) in [4.78, 5) is 14.5. The fourth-order valence-electron chi connectivity index (χ4n) is 2.83. The molecule has 2 aromatic carbocycles. The van der Waals surface area contributed by atoms with Crippen molar-refractivity contribution in [3.63, 3.8) is 0 Å². The number of rotatable bonds is 4. The monoisotopic (exact) mass is 332 g/mol. The summed E-state index contributed by atoms with van der Waals surface area (Å²) in [6.07, 6.45) is 2.01. The summed E-state index contributed by atoms with van der Waals surface area (Å²) in [7, 11) is 0. The summed E-state index contributed by atoms with van der Waals surface area (Å²) in [5, 5.41) is 0. The molecule has 0 saturated carbocycles. The van der Waals surface area contributed by atoms with Crippen molar-refractivity contribution >= 4 is 18.3 Å². The lowest BCUT2D eigenvalue weighted by Crippen LogP contribution is -2.39. The zero-order valence-corrected chi connectivity index (χ0v) is 13.7. The molecule has 0 aromatic heterocycles. The number of amides is 1. The quantitative estimate of drug-likeness (QED) is 0.932. The Morgan fingerprint density at radius 1 is 1.13 bits per heavy atom. The third-order valence-corrected chi connectivity index (χ3v) is 3.97. The van der Waals surface area contributed by atoms with Gasteiger partial charge in [0.1, 0.15) is 11.5 Å². The van der Waals surface area contributed by atoms with Crippen molar-refractivity contribution < 1.29 is 9.53 Å². The van der Waals surface area contributed by atoms with Gasteiger partial charge in [-0.3, -0.25) is 4.79 Å². The van der Waals surface area contributed by atoms with Crippen LogP contribution in [0.2, 0.25) is 0 Å². The van der Waals surface area contributed by atoms with Crippen molar-refractivity contribution in [2.75, 3.05) is 13.1 Å². The van der Waals surface area contributed by atoms with Gasteiger partial charge in [0, 0.05) is 24.7 Å². The van der Waals surface area contributed by atoms with Gasteiger partial charge in [-0.25, -0.2) is 0 Å². The van der Waals surface area contributed by atoms with Crippen molar-refractivity contribution in [1.29, 1.82) is 0 Å². The van der Waals surface area contributed by atoms with Gasteiger partial charge in [0.2, 0.25) is 0 Å². The van der Waals surface area contributed by atoms with Gasteiger partial charge >= 0.3 is 0 Å². The Bertz CT molecular complexity index is 648. The van der Waals surface area contributed by atoms with Gasteiger partial charge in [-0.2, -0.15) is 0 Å². The maximum Gasteiger partial charge on any atom is 0.254 e. The van der Waals surface area contributed by atoms with Crippen molar-refractivity contribution in [2.24, 2.45) is 5.73 Å². The number of carbonyl (C=O) groups excluding carboxylic acids is 1. The topological polar surface area (TPSA) is 55.6 Å². The first-order chi connectivity index (χ1) is 10.8. The lowest BCUT2D eigenvalue weighted by Gasteiger charge is -2.23. The predicted molar refractivity (Wildman–Crippen MR) is 93.3 cm³/mol. The van der Waals surface area contributed by atoms with Crippen LogP contribution in [0, 0.1) is 0 Å². The minimum Gasteiger partial charge on any atom is -0.457 e. The zero-order chi connectivity index (χ0) is 15.4. The van der Waals surface area contributed by atoms with E-state index < -0.39 is 0 Å². The molecule has 1 saturated heterocycles. The van der Waals surface area contributed by atoms with E-state index in [0.29, 0.717) is 17.9 Å². The smallest absolute Gasteiger partial charge is 0.254 e. The van der Waals surface area contributed by atoms with Crippen molar-refractivity contribution in [1.82, 2.24) is 4.90 Å². The van der Waals surface area contributed by atoms with Crippen molar-refractivity contribution in [3.8, 4) is 11.5 Å². The van der Waals surface area contributed by atoms with Crippen LogP contribution >= 0.6 is 12.4 Å². The number of hydrogen-bond donors (Lipinski definition) is 1. The Labute approximate surface area is 142 Å². The molecule has 0 radical (unpaired) electrons. The van der Waals surface area contributed by atoms with Gasteiger partial charge in [0.05, 0.1) is 0 Å². The molecular formula is C18H21ClN2O2. The second-order valence-corrected chi connectivity index (χ2v) is 5.47. The van der Waals surface area contributed by atoms with Gasteiger partial charge in [-0.1, -0.05) is 24.3 Å². The van der Waals surface area contributed by atoms with E-state index in [-0.39, 0.29) is 24.4 Å². The van der Waals surface area contributed by atoms with Gasteiger partial charge in [-0.05, 0) is 43.2 Å². The van der Waals surface area contributed by atoms with Crippen LogP contribution in [-0.2, 0) is 0 Å². The van der Waals surface area contributed by atoms with E-state index in [1.165, 1.54) is 0 Å². The molecule has 0 bridgehead atoms. The number of nitrogens with two attached hydrogens (primary N) is 1. The van der Waals surface area contributed by atoms with Crippen LogP contribution in [0.4, 0.5) is 0 Å². The molecule has 1 aliphatic rings. The highest BCUT2D eigenvalue weighted by Gasteiger charge is 2.28. The Morgan fingerprint density at radius 2 is 1.87 bits per heavy atom. The van der Waals surface area contributed by atoms with Crippen LogP contribution in [0.25, 0.3) is 0 Å². The average molecular weight is 333 g/mol. The molecule has 0 spiro atoms. The van der Waals surface area contributed by atoms with Gasteiger partial charge in [0.25, 0.3) is 5.91 Å². The van der Waals surface area contributed by atoms with Crippen LogP contribution in [0.3, 0.4) is 0 Å². The number of para-hydroxylation sites is 1. The van der Waals surface area contributed by atoms with Crippen molar-refractivity contribution in [2.45, 2.75) is 18.9 Å². The Morgan fingerprint density at radius 3 is 2.61 bits per heavy atom. The molecule has 0 aliphatic carbocycles. The second kappa shape index (κ2) is 7.99. The third-order valence-electron chi connectivity index (χ3n) is 3.97. The molecule has 2 N–H and O–H groups in total. The average Bonchev–Trinajstić information content (AvgIpc) is 3.04. The standard InChI is InChI=1S/C18H20N2O2.ClH/c19-13-15-7-5-11-20(15)18(21)14-6-4-10-17(12-14)22-16-8-2-1-3-9-16;/h1-4,6,8-10,12,15H,5,7,11,13,19H2;1H. The van der Waals surface area contributed by atoms with E-state index in [2.05, 4.69) is 0 Å². The molecule has 1 amide bonds. The zero-order valence-electron chi connectivity index (χ0n) is 12.9. The Balaban J connectivity index is 0.00000192. The van der Waals surface area contributed by atoms with E-state index >= 15 is 0 Å². The van der Waals surface area contributed by atoms with Crippen molar-refractivity contribution in [3.05, 3.63) is 60.2 Å². The lowest BCUT2D eigenvalue weighted by molar-refractivity contribution is 0.0741. The van der Waals surface area contributed by atoms with E-state index in [9.17, 15) is 4.79 Å². The molecule has 1 atom stereocenters. The highest BCUT2D eigenvalue weighted by Crippen LogP contribution is 2.24. The third kappa shape index (κ3) is 4.03. The normalized spacial score (nSPS) is 16.7. The summed E-state index contributed by atoms with van der Waals surface area (Å²) in [5.74, 6) is 1.46. The van der Waals surface area contributed by atoms with Crippen LogP contribution in [0.15, 0.2) is 54.6 Å². The van der Waals surface area contributed by atoms with E-state index in [1.807, 2.05) is 53.4 Å². The first kappa shape index (κ1) is 17.3. The number of benzene rings is 2. The number of hydrogen-bond acceptors (Lipinski definition) is 3. The maximum absolute atomic E-state index is 12.6. The van der Waals surface area contributed by atoms with E-state index in [4.69, 9.17) is 10.5 Å². The minimum atomic E-state index is 0. The molecule has 2 aromatic rings. The SMILES string of the molecule is Cl.NCC1CCCN1C(=O)c1cccc(Oc2ccccc2)c1. The fourth-order valence-corrected chi connectivity index (χ4v) is 2.83. The molecule has 1 aliphatic heterocycles. The number of carbonyl (C=O) groups is 1. The number of halogens is 1. The molecule has 4 nitrogen and oxygen atoms in total. The summed E-state index contributed by atoms with van der Waals surface area (Å²) >= 11 is 0. The van der Waals surface area contributed by atoms with Crippen LogP contribution in [0.1, 0.15) is 23.2 Å². The minimum absolute atomic E-state index is 0. The highest BCUT2D eigenvalue weighted by molar-refractivity contribution is 5.95. The first-order valence-electron chi connectivity index (χ1n) is 7.62. The summed E-state index contributed by atoms with van der Waals surface area (Å²) in [6, 6.07) is 17.0. The Kier molecular flexibility index (Phi) is 6.02. The molecule has 1 fully saturated rings. The largest absolute Gasteiger partial charge is 0.457 e. The van der Waals surface area contributed by atoms with E-state index in [1.54, 1.807) is 6.07 Å². The summed E-state index contributed by atoms with van der Waals surface area (Å²) < 4.78 is 5.79. The molecule has 122 valence electrons. The second-order valence-electron chi connectivity index (χ2n) is 5.47. The van der Waals surface area contributed by atoms with Crippen LogP contribution in [0.5, 0.6) is 11.5 Å². The number of nitrogens with zero attached hydrogens (tertiary/aromatic N) is 1. The summed E-state index contributed by atoms with van der Waals surface area (Å²) in [6.45, 7) is 1.30. The highest BCUT2D eigenvalue weighted by atomic mass is 35.5. The molecule has 1 unspecified atom stereocenters. The number of ether oxygens (including phenoxy) is 1. The molecule has 5 heteroatoms. The molecular weight excluding hydrogens is 312 g/mol. The fraction of sp³-hybridized carbons (Fsp3) is 0.278. The maximum atomic E-state index is 12.6. The van der Waals surface area contributed by atoms with Gasteiger partial charge in [-0.15, -0.1) is 12.4 Å². The molecule has 1 heterocycles. The summed E-state index contributed by atoms with van der Waals surface area (Å²) in [5.41, 5.74) is 6.40. The lowest BCUT2D eigenvalue weighted by atomic mass is 10.1. The van der Waals surface area contributed by atoms with Crippen LogP contribution in [-0.4, -0.2) is 29.9 Å². The first-order valence-corrected chi connectivity index (χ1v) is 7.62. The Hall–Kier alpha value is -2.04. The molecule has 3 rings (SSSR count). The van der Waals surface area contributed by atoms with E-state index in [0.717, 1.165) is 25.1 Å².